The third-order valence-corrected chi connectivity index (χ3v) is 6.84. The van der Waals surface area contributed by atoms with Gasteiger partial charge in [0.2, 0.25) is 0 Å². The van der Waals surface area contributed by atoms with Gasteiger partial charge in [-0.3, -0.25) is 4.79 Å². The van der Waals surface area contributed by atoms with Crippen molar-refractivity contribution in [1.82, 2.24) is 15.1 Å². The molecule has 1 amide bonds. The molecule has 3 rings (SSSR count). The highest BCUT2D eigenvalue weighted by atomic mass is 32.2. The van der Waals surface area contributed by atoms with Crippen LogP contribution in [-0.2, 0) is 9.84 Å². The van der Waals surface area contributed by atoms with Crippen molar-refractivity contribution in [3.63, 3.8) is 0 Å². The maximum Gasteiger partial charge on any atom is 0.274 e. The summed E-state index contributed by atoms with van der Waals surface area (Å²) < 4.78 is 23.4. The van der Waals surface area contributed by atoms with Gasteiger partial charge in [0.1, 0.15) is 5.82 Å². The van der Waals surface area contributed by atoms with Crippen molar-refractivity contribution in [3.8, 4) is 0 Å². The molecule has 1 unspecified atom stereocenters. The van der Waals surface area contributed by atoms with Gasteiger partial charge >= 0.3 is 0 Å². The summed E-state index contributed by atoms with van der Waals surface area (Å²) in [5, 5.41) is 11.6. The number of amides is 1. The lowest BCUT2D eigenvalue weighted by molar-refractivity contribution is 0.0701. The van der Waals surface area contributed by atoms with Gasteiger partial charge < -0.3 is 10.2 Å². The van der Waals surface area contributed by atoms with Gasteiger partial charge in [0, 0.05) is 18.6 Å². The Kier molecular flexibility index (Phi) is 5.56. The summed E-state index contributed by atoms with van der Waals surface area (Å²) in [5.74, 6) is 0.634. The Morgan fingerprint density at radius 3 is 2.52 bits per heavy atom. The molecule has 0 spiro atoms. The van der Waals surface area contributed by atoms with Crippen LogP contribution in [-0.4, -0.2) is 59.6 Å². The molecule has 25 heavy (non-hydrogen) atoms. The molecule has 138 valence electrons. The number of hydrogen-bond acceptors (Lipinski definition) is 6. The Morgan fingerprint density at radius 2 is 1.96 bits per heavy atom. The number of aromatic nitrogens is 2. The van der Waals surface area contributed by atoms with Gasteiger partial charge in [-0.2, -0.15) is 0 Å². The normalized spacial score (nSPS) is 23.3. The molecule has 2 fully saturated rings. The van der Waals surface area contributed by atoms with E-state index in [2.05, 4.69) is 15.5 Å². The van der Waals surface area contributed by atoms with Crippen molar-refractivity contribution < 1.29 is 13.2 Å². The van der Waals surface area contributed by atoms with Gasteiger partial charge in [-0.05, 0) is 38.3 Å². The van der Waals surface area contributed by atoms with E-state index >= 15 is 0 Å². The molecule has 1 saturated heterocycles. The summed E-state index contributed by atoms with van der Waals surface area (Å²) in [6.07, 6.45) is 6.54. The van der Waals surface area contributed by atoms with Crippen LogP contribution in [0, 0.1) is 0 Å². The summed E-state index contributed by atoms with van der Waals surface area (Å²) in [4.78, 5) is 14.3. The van der Waals surface area contributed by atoms with Crippen molar-refractivity contribution in [2.75, 3.05) is 23.4 Å². The van der Waals surface area contributed by atoms with Crippen LogP contribution in [0.3, 0.4) is 0 Å². The smallest absolute Gasteiger partial charge is 0.274 e. The number of anilines is 1. The van der Waals surface area contributed by atoms with Gasteiger partial charge in [-0.15, -0.1) is 10.2 Å². The van der Waals surface area contributed by atoms with Crippen LogP contribution < -0.4 is 5.32 Å². The number of hydrogen-bond donors (Lipinski definition) is 1. The molecular formula is C17H26N4O3S. The van der Waals surface area contributed by atoms with Gasteiger partial charge in [0.25, 0.3) is 5.91 Å². The van der Waals surface area contributed by atoms with Crippen molar-refractivity contribution in [3.05, 3.63) is 17.8 Å². The standard InChI is InChI=1S/C17H26N4O3S/c1-2-21(14-10-11-25(23,24)12-14)17(22)15-8-9-16(20-19-15)18-13-6-4-3-5-7-13/h8-9,13-14H,2-7,10-12H2,1H3,(H,18,20). The minimum absolute atomic E-state index is 0.0430. The van der Waals surface area contributed by atoms with Crippen LogP contribution >= 0.6 is 0 Å². The lowest BCUT2D eigenvalue weighted by Gasteiger charge is -2.26. The zero-order chi connectivity index (χ0) is 17.9. The Hall–Kier alpha value is -1.70. The molecule has 1 atom stereocenters. The molecule has 0 bridgehead atoms. The molecule has 8 heteroatoms. The van der Waals surface area contributed by atoms with E-state index in [4.69, 9.17) is 0 Å². The highest BCUT2D eigenvalue weighted by molar-refractivity contribution is 7.91. The molecule has 1 N–H and O–H groups in total. The number of carbonyl (C=O) groups is 1. The quantitative estimate of drug-likeness (QED) is 0.855. The third-order valence-electron chi connectivity index (χ3n) is 5.09. The molecule has 2 heterocycles. The first kappa shape index (κ1) is 18.1. The molecule has 1 aliphatic carbocycles. The number of sulfone groups is 1. The second kappa shape index (κ2) is 7.68. The molecule has 0 aromatic carbocycles. The van der Waals surface area contributed by atoms with E-state index in [0.29, 0.717) is 24.8 Å². The minimum atomic E-state index is -3.03. The lowest BCUT2D eigenvalue weighted by atomic mass is 9.95. The monoisotopic (exact) mass is 366 g/mol. The average molecular weight is 366 g/mol. The highest BCUT2D eigenvalue weighted by Gasteiger charge is 2.34. The van der Waals surface area contributed by atoms with Gasteiger partial charge in [0.15, 0.2) is 15.5 Å². The Bertz CT molecular complexity index is 699. The lowest BCUT2D eigenvalue weighted by Crippen LogP contribution is -2.41. The summed E-state index contributed by atoms with van der Waals surface area (Å²) >= 11 is 0. The van der Waals surface area contributed by atoms with E-state index in [0.717, 1.165) is 12.8 Å². The van der Waals surface area contributed by atoms with Crippen LogP contribution in [0.5, 0.6) is 0 Å². The SMILES string of the molecule is CCN(C(=O)c1ccc(NC2CCCCC2)nn1)C1CCS(=O)(=O)C1. The van der Waals surface area contributed by atoms with E-state index in [-0.39, 0.29) is 29.1 Å². The summed E-state index contributed by atoms with van der Waals surface area (Å²) in [6.45, 7) is 2.32. The molecule has 1 aliphatic heterocycles. The number of carbonyl (C=O) groups excluding carboxylic acids is 1. The Morgan fingerprint density at radius 1 is 1.20 bits per heavy atom. The summed E-state index contributed by atoms with van der Waals surface area (Å²) in [6, 6.07) is 3.63. The third kappa shape index (κ3) is 4.48. The second-order valence-corrected chi connectivity index (χ2v) is 9.16. The fourth-order valence-corrected chi connectivity index (χ4v) is 5.45. The zero-order valence-electron chi connectivity index (χ0n) is 14.6. The first-order valence-corrected chi connectivity index (χ1v) is 10.9. The van der Waals surface area contributed by atoms with Crippen LogP contribution in [0.4, 0.5) is 5.82 Å². The van der Waals surface area contributed by atoms with E-state index in [1.54, 1.807) is 17.0 Å². The maximum atomic E-state index is 12.7. The first-order valence-electron chi connectivity index (χ1n) is 9.10. The molecular weight excluding hydrogens is 340 g/mol. The van der Waals surface area contributed by atoms with E-state index in [1.807, 2.05) is 6.92 Å². The first-order chi connectivity index (χ1) is 12.0. The average Bonchev–Trinajstić information content (AvgIpc) is 2.97. The summed E-state index contributed by atoms with van der Waals surface area (Å²) in [5.41, 5.74) is 0.264. The second-order valence-electron chi connectivity index (χ2n) is 6.93. The van der Waals surface area contributed by atoms with Crippen LogP contribution in [0.15, 0.2) is 12.1 Å². The minimum Gasteiger partial charge on any atom is -0.366 e. The van der Waals surface area contributed by atoms with Crippen molar-refractivity contribution in [2.24, 2.45) is 0 Å². The fourth-order valence-electron chi connectivity index (χ4n) is 3.72. The number of nitrogens with zero attached hydrogens (tertiary/aromatic N) is 3. The number of rotatable bonds is 5. The predicted octanol–water partition coefficient (Wildman–Crippen LogP) is 1.87. The molecule has 7 nitrogen and oxygen atoms in total. The molecule has 1 aromatic rings. The van der Waals surface area contributed by atoms with Crippen molar-refractivity contribution >= 4 is 21.6 Å². The molecule has 1 aromatic heterocycles. The summed E-state index contributed by atoms with van der Waals surface area (Å²) in [7, 11) is -3.03. The van der Waals surface area contributed by atoms with Crippen LogP contribution in [0.2, 0.25) is 0 Å². The van der Waals surface area contributed by atoms with E-state index in [9.17, 15) is 13.2 Å². The van der Waals surface area contributed by atoms with Crippen LogP contribution in [0.25, 0.3) is 0 Å². The Labute approximate surface area is 149 Å². The highest BCUT2D eigenvalue weighted by Crippen LogP contribution is 2.21. The van der Waals surface area contributed by atoms with Gasteiger partial charge in [0.05, 0.1) is 11.5 Å². The molecule has 1 saturated carbocycles. The fraction of sp³-hybridized carbons (Fsp3) is 0.706. The molecule has 0 radical (unpaired) electrons. The number of nitrogens with one attached hydrogen (secondary N) is 1. The maximum absolute atomic E-state index is 12.7. The van der Waals surface area contributed by atoms with Gasteiger partial charge in [-0.25, -0.2) is 8.42 Å². The Balaban J connectivity index is 1.64. The van der Waals surface area contributed by atoms with E-state index < -0.39 is 9.84 Å². The van der Waals surface area contributed by atoms with Crippen LogP contribution in [0.1, 0.15) is 55.9 Å². The van der Waals surface area contributed by atoms with E-state index in [1.165, 1.54) is 19.3 Å². The topological polar surface area (TPSA) is 92.3 Å². The van der Waals surface area contributed by atoms with Crippen molar-refractivity contribution in [1.29, 1.82) is 0 Å². The zero-order valence-corrected chi connectivity index (χ0v) is 15.5. The largest absolute Gasteiger partial charge is 0.366 e. The van der Waals surface area contributed by atoms with Gasteiger partial charge in [-0.1, -0.05) is 19.3 Å². The predicted molar refractivity (Wildman–Crippen MR) is 96.3 cm³/mol. The molecule has 2 aliphatic rings. The van der Waals surface area contributed by atoms with Crippen molar-refractivity contribution in [2.45, 2.75) is 57.5 Å².